The lowest BCUT2D eigenvalue weighted by Crippen LogP contribution is -2.38. The number of likely N-dealkylation sites (tertiary alicyclic amines) is 1. The van der Waals surface area contributed by atoms with Gasteiger partial charge < -0.3 is 20.0 Å². The molecule has 0 aliphatic carbocycles. The van der Waals surface area contributed by atoms with Gasteiger partial charge in [0.15, 0.2) is 0 Å². The summed E-state index contributed by atoms with van der Waals surface area (Å²) < 4.78 is 13.7. The van der Waals surface area contributed by atoms with Gasteiger partial charge in [-0.3, -0.25) is 14.4 Å². The molecule has 3 aromatic rings. The molecule has 5 rings (SSSR count). The fourth-order valence-electron chi connectivity index (χ4n) is 5.30. The number of nitrogens with one attached hydrogen (secondary N) is 1. The third-order valence-electron chi connectivity index (χ3n) is 7.43. The number of hydrogen-bond acceptors (Lipinski definition) is 4. The summed E-state index contributed by atoms with van der Waals surface area (Å²) in [5.74, 6) is -0.992. The Bertz CT molecular complexity index is 1390. The van der Waals surface area contributed by atoms with E-state index in [1.807, 2.05) is 11.0 Å². The highest BCUT2D eigenvalue weighted by molar-refractivity contribution is 6.30. The van der Waals surface area contributed by atoms with Gasteiger partial charge in [-0.2, -0.15) is 0 Å². The van der Waals surface area contributed by atoms with Gasteiger partial charge in [0.2, 0.25) is 0 Å². The lowest BCUT2D eigenvalue weighted by Gasteiger charge is -2.30. The van der Waals surface area contributed by atoms with E-state index in [9.17, 15) is 18.8 Å². The van der Waals surface area contributed by atoms with E-state index in [0.29, 0.717) is 73.1 Å². The van der Waals surface area contributed by atoms with Crippen LogP contribution in [0, 0.1) is 5.82 Å². The van der Waals surface area contributed by atoms with E-state index >= 15 is 0 Å². The van der Waals surface area contributed by atoms with Crippen molar-refractivity contribution in [3.05, 3.63) is 94.3 Å². The minimum atomic E-state index is -0.439. The minimum Gasteiger partial charge on any atom is -0.369 e. The molecule has 0 unspecified atom stereocenters. The quantitative estimate of drug-likeness (QED) is 0.432. The molecule has 2 heterocycles. The van der Waals surface area contributed by atoms with Gasteiger partial charge in [0.05, 0.1) is 5.56 Å². The molecule has 0 spiro atoms. The van der Waals surface area contributed by atoms with Crippen LogP contribution in [0.4, 0.5) is 15.8 Å². The zero-order chi connectivity index (χ0) is 28.1. The summed E-state index contributed by atoms with van der Waals surface area (Å²) in [6.45, 7) is 3.57. The summed E-state index contributed by atoms with van der Waals surface area (Å²) in [6, 6.07) is 17.8. The Kier molecular flexibility index (Phi) is 8.65. The third-order valence-corrected chi connectivity index (χ3v) is 7.68. The predicted molar refractivity (Wildman–Crippen MR) is 155 cm³/mol. The molecular formula is C31H32ClFN4O3. The highest BCUT2D eigenvalue weighted by Gasteiger charge is 2.26. The minimum absolute atomic E-state index is 0.0609. The van der Waals surface area contributed by atoms with Crippen molar-refractivity contribution < 1.29 is 18.8 Å². The molecule has 3 aromatic carbocycles. The van der Waals surface area contributed by atoms with Crippen molar-refractivity contribution in [1.29, 1.82) is 0 Å². The number of rotatable bonds is 5. The Morgan fingerprint density at radius 3 is 2.17 bits per heavy atom. The SMILES string of the molecule is O=C(Nc1ccc(N2CCCN(C(=O)c3cccc(F)c3)CC2)c(C(=O)N2CCCCC2)c1)c1ccc(Cl)cc1. The lowest BCUT2D eigenvalue weighted by molar-refractivity contribution is 0.0723. The first-order chi connectivity index (χ1) is 19.4. The summed E-state index contributed by atoms with van der Waals surface area (Å²) in [7, 11) is 0. The zero-order valence-electron chi connectivity index (χ0n) is 22.2. The van der Waals surface area contributed by atoms with Gasteiger partial charge in [-0.1, -0.05) is 17.7 Å². The van der Waals surface area contributed by atoms with E-state index in [-0.39, 0.29) is 17.7 Å². The normalized spacial score (nSPS) is 15.9. The third kappa shape index (κ3) is 6.45. The number of carbonyl (C=O) groups excluding carboxylic acids is 3. The first kappa shape index (κ1) is 27.6. The van der Waals surface area contributed by atoms with Crippen molar-refractivity contribution in [3.63, 3.8) is 0 Å². The monoisotopic (exact) mass is 562 g/mol. The summed E-state index contributed by atoms with van der Waals surface area (Å²) in [4.78, 5) is 45.4. The van der Waals surface area contributed by atoms with Crippen LogP contribution in [0.25, 0.3) is 0 Å². The number of carbonyl (C=O) groups is 3. The van der Waals surface area contributed by atoms with Gasteiger partial charge >= 0.3 is 0 Å². The molecule has 2 aliphatic heterocycles. The van der Waals surface area contributed by atoms with Gasteiger partial charge in [-0.05, 0) is 86.3 Å². The maximum absolute atomic E-state index is 13.8. The molecule has 0 aromatic heterocycles. The van der Waals surface area contributed by atoms with Gasteiger partial charge in [0.25, 0.3) is 17.7 Å². The molecule has 2 fully saturated rings. The number of anilines is 2. The molecule has 0 saturated carbocycles. The van der Waals surface area contributed by atoms with E-state index in [0.717, 1.165) is 24.9 Å². The molecule has 2 aliphatic rings. The number of benzene rings is 3. The van der Waals surface area contributed by atoms with Crippen LogP contribution in [0.15, 0.2) is 66.7 Å². The van der Waals surface area contributed by atoms with Crippen LogP contribution in [0.5, 0.6) is 0 Å². The number of halogens is 2. The average molecular weight is 563 g/mol. The van der Waals surface area contributed by atoms with Crippen LogP contribution >= 0.6 is 11.6 Å². The Labute approximate surface area is 238 Å². The van der Waals surface area contributed by atoms with E-state index < -0.39 is 5.82 Å². The predicted octanol–water partition coefficient (Wildman–Crippen LogP) is 5.71. The van der Waals surface area contributed by atoms with Crippen LogP contribution in [0.3, 0.4) is 0 Å². The van der Waals surface area contributed by atoms with Crippen LogP contribution in [-0.4, -0.2) is 66.8 Å². The topological polar surface area (TPSA) is 73.0 Å². The van der Waals surface area contributed by atoms with Crippen LogP contribution < -0.4 is 10.2 Å². The van der Waals surface area contributed by atoms with Crippen molar-refractivity contribution in [2.24, 2.45) is 0 Å². The standard InChI is InChI=1S/C31H32ClFN4O3/c32-24-10-8-22(9-11-24)29(38)34-26-12-13-28(27(21-26)31(40)36-14-2-1-3-15-36)35-16-5-17-37(19-18-35)30(39)23-6-4-7-25(33)20-23/h4,6-13,20-21H,1-3,5,14-19H2,(H,34,38). The number of hydrogen-bond donors (Lipinski definition) is 1. The van der Waals surface area contributed by atoms with Crippen LogP contribution in [0.2, 0.25) is 5.02 Å². The Morgan fingerprint density at radius 2 is 1.43 bits per heavy atom. The highest BCUT2D eigenvalue weighted by atomic mass is 35.5. The summed E-state index contributed by atoms with van der Waals surface area (Å²) in [5, 5.41) is 3.45. The molecule has 0 radical (unpaired) electrons. The second-order valence-corrected chi connectivity index (χ2v) is 10.6. The Hall–Kier alpha value is -3.91. The second kappa shape index (κ2) is 12.5. The first-order valence-corrected chi connectivity index (χ1v) is 14.1. The van der Waals surface area contributed by atoms with Gasteiger partial charge in [0, 0.05) is 66.8 Å². The van der Waals surface area contributed by atoms with E-state index in [1.165, 1.54) is 12.1 Å². The molecular weight excluding hydrogens is 531 g/mol. The second-order valence-electron chi connectivity index (χ2n) is 10.2. The van der Waals surface area contributed by atoms with Crippen molar-refractivity contribution in [1.82, 2.24) is 9.80 Å². The summed E-state index contributed by atoms with van der Waals surface area (Å²) >= 11 is 5.96. The van der Waals surface area contributed by atoms with Crippen LogP contribution in [-0.2, 0) is 0 Å². The zero-order valence-corrected chi connectivity index (χ0v) is 23.0. The Morgan fingerprint density at radius 1 is 0.700 bits per heavy atom. The fraction of sp³-hybridized carbons (Fsp3) is 0.323. The van der Waals surface area contributed by atoms with Gasteiger partial charge in [0.1, 0.15) is 5.82 Å². The molecule has 0 atom stereocenters. The van der Waals surface area contributed by atoms with Crippen molar-refractivity contribution in [2.75, 3.05) is 49.5 Å². The highest BCUT2D eigenvalue weighted by Crippen LogP contribution is 2.29. The molecule has 3 amide bonds. The maximum Gasteiger partial charge on any atom is 0.256 e. The summed E-state index contributed by atoms with van der Waals surface area (Å²) in [5.41, 5.74) is 2.63. The number of piperidine rings is 1. The van der Waals surface area contributed by atoms with Gasteiger partial charge in [-0.15, -0.1) is 0 Å². The largest absolute Gasteiger partial charge is 0.369 e. The molecule has 1 N–H and O–H groups in total. The van der Waals surface area contributed by atoms with Crippen LogP contribution in [0.1, 0.15) is 56.8 Å². The molecule has 0 bridgehead atoms. The number of amides is 3. The van der Waals surface area contributed by atoms with E-state index in [2.05, 4.69) is 10.2 Å². The van der Waals surface area contributed by atoms with Crippen molar-refractivity contribution in [2.45, 2.75) is 25.7 Å². The first-order valence-electron chi connectivity index (χ1n) is 13.7. The van der Waals surface area contributed by atoms with E-state index in [4.69, 9.17) is 11.6 Å². The molecule has 2 saturated heterocycles. The van der Waals surface area contributed by atoms with Gasteiger partial charge in [-0.25, -0.2) is 4.39 Å². The average Bonchev–Trinajstić information content (AvgIpc) is 3.23. The number of nitrogens with zero attached hydrogens (tertiary/aromatic N) is 3. The fourth-order valence-corrected chi connectivity index (χ4v) is 5.42. The van der Waals surface area contributed by atoms with E-state index in [1.54, 1.807) is 53.4 Å². The molecule has 9 heteroatoms. The Balaban J connectivity index is 1.38. The summed E-state index contributed by atoms with van der Waals surface area (Å²) in [6.07, 6.45) is 3.74. The molecule has 208 valence electrons. The molecule has 7 nitrogen and oxygen atoms in total. The van der Waals surface area contributed by atoms with Crippen molar-refractivity contribution >= 4 is 40.7 Å². The van der Waals surface area contributed by atoms with Crippen molar-refractivity contribution in [3.8, 4) is 0 Å². The maximum atomic E-state index is 13.8. The molecule has 40 heavy (non-hydrogen) atoms. The smallest absolute Gasteiger partial charge is 0.256 e. The lowest BCUT2D eigenvalue weighted by atomic mass is 10.1.